The Labute approximate surface area is 143 Å². The molecule has 1 aromatic heterocycles. The molecule has 0 atom stereocenters. The van der Waals surface area contributed by atoms with E-state index < -0.39 is 22.8 Å². The number of fused-ring (bicyclic) bond motifs is 5. The van der Waals surface area contributed by atoms with Crippen LogP contribution in [0.1, 0.15) is 5.56 Å². The largest absolute Gasteiger partial charge is 0.455 e. The zero-order valence-corrected chi connectivity index (χ0v) is 13.0. The summed E-state index contributed by atoms with van der Waals surface area (Å²) in [5.41, 5.74) is -1.87. The lowest BCUT2D eigenvalue weighted by atomic mass is 10.0. The van der Waals surface area contributed by atoms with Crippen molar-refractivity contribution in [3.63, 3.8) is 0 Å². The predicted molar refractivity (Wildman–Crippen MR) is 88.6 cm³/mol. The molecular formula is C19H9F3O4. The standard InChI is InChI=1S/C19H9F3O4/c20-19(21,22)13-3-1-2-10-16(23)12-7-11-9(6-15(12)26-17(10)13)4-5-14-18(11)25-8-24-14/h1-7H,8H2. The molecule has 2 heterocycles. The lowest BCUT2D eigenvalue weighted by Crippen LogP contribution is -2.09. The zero-order valence-electron chi connectivity index (χ0n) is 13.0. The average molecular weight is 358 g/mol. The third-order valence-electron chi connectivity index (χ3n) is 4.47. The average Bonchev–Trinajstić information content (AvgIpc) is 3.08. The highest BCUT2D eigenvalue weighted by atomic mass is 19.4. The van der Waals surface area contributed by atoms with Crippen LogP contribution in [-0.4, -0.2) is 6.79 Å². The molecule has 5 rings (SSSR count). The molecule has 4 aromatic rings. The van der Waals surface area contributed by atoms with Gasteiger partial charge in [-0.05, 0) is 35.7 Å². The summed E-state index contributed by atoms with van der Waals surface area (Å²) >= 11 is 0. The molecule has 0 amide bonds. The maximum Gasteiger partial charge on any atom is 0.420 e. The minimum Gasteiger partial charge on any atom is -0.455 e. The Kier molecular flexibility index (Phi) is 2.84. The minimum absolute atomic E-state index is 0.0771. The van der Waals surface area contributed by atoms with E-state index in [0.717, 1.165) is 6.07 Å². The zero-order chi connectivity index (χ0) is 18.1. The van der Waals surface area contributed by atoms with Crippen LogP contribution in [0.2, 0.25) is 0 Å². The van der Waals surface area contributed by atoms with Gasteiger partial charge in [-0.25, -0.2) is 0 Å². The fourth-order valence-electron chi connectivity index (χ4n) is 3.28. The first-order valence-electron chi connectivity index (χ1n) is 7.72. The van der Waals surface area contributed by atoms with Crippen molar-refractivity contribution in [1.29, 1.82) is 0 Å². The molecule has 7 heteroatoms. The molecule has 0 radical (unpaired) electrons. The lowest BCUT2D eigenvalue weighted by Gasteiger charge is -2.10. The summed E-state index contributed by atoms with van der Waals surface area (Å²) in [7, 11) is 0. The van der Waals surface area contributed by atoms with E-state index in [1.54, 1.807) is 24.3 Å². The first kappa shape index (κ1) is 15.1. The highest BCUT2D eigenvalue weighted by Crippen LogP contribution is 2.41. The lowest BCUT2D eigenvalue weighted by molar-refractivity contribution is -0.136. The second-order valence-corrected chi connectivity index (χ2v) is 5.98. The van der Waals surface area contributed by atoms with E-state index >= 15 is 0 Å². The molecule has 1 aliphatic rings. The van der Waals surface area contributed by atoms with Gasteiger partial charge in [0, 0.05) is 5.39 Å². The molecule has 0 fully saturated rings. The van der Waals surface area contributed by atoms with Crippen LogP contribution in [-0.2, 0) is 6.18 Å². The van der Waals surface area contributed by atoms with Crippen molar-refractivity contribution < 1.29 is 27.1 Å². The highest BCUT2D eigenvalue weighted by Gasteiger charge is 2.34. The number of hydrogen-bond donors (Lipinski definition) is 0. The van der Waals surface area contributed by atoms with Crippen LogP contribution in [0.25, 0.3) is 32.7 Å². The normalized spacial score (nSPS) is 13.8. The first-order chi connectivity index (χ1) is 12.4. The van der Waals surface area contributed by atoms with Crippen LogP contribution >= 0.6 is 0 Å². The van der Waals surface area contributed by atoms with Gasteiger partial charge < -0.3 is 13.9 Å². The SMILES string of the molecule is O=c1c2cc3c4c(ccc3cc2oc2c(C(F)(F)F)cccc12)OCO4. The third kappa shape index (κ3) is 2.00. The van der Waals surface area contributed by atoms with Crippen LogP contribution in [0.3, 0.4) is 0 Å². The molecule has 0 unspecified atom stereocenters. The Morgan fingerprint density at radius 1 is 0.923 bits per heavy atom. The second kappa shape index (κ2) is 4.91. The Hall–Kier alpha value is -3.22. The van der Waals surface area contributed by atoms with E-state index in [4.69, 9.17) is 13.9 Å². The summed E-state index contributed by atoms with van der Waals surface area (Å²) in [5.74, 6) is 1.06. The summed E-state index contributed by atoms with van der Waals surface area (Å²) in [5, 5.41) is 1.39. The van der Waals surface area contributed by atoms with Gasteiger partial charge >= 0.3 is 6.18 Å². The van der Waals surface area contributed by atoms with Gasteiger partial charge in [0.2, 0.25) is 12.2 Å². The van der Waals surface area contributed by atoms with E-state index in [1.165, 1.54) is 12.1 Å². The van der Waals surface area contributed by atoms with Crippen molar-refractivity contribution in [2.24, 2.45) is 0 Å². The Morgan fingerprint density at radius 3 is 2.58 bits per heavy atom. The molecule has 0 spiro atoms. The molecule has 0 saturated carbocycles. The Bertz CT molecular complexity index is 1270. The van der Waals surface area contributed by atoms with Gasteiger partial charge in [0.05, 0.1) is 16.3 Å². The fraction of sp³-hybridized carbons (Fsp3) is 0.105. The van der Waals surface area contributed by atoms with Crippen LogP contribution < -0.4 is 14.9 Å². The molecule has 0 N–H and O–H groups in total. The molecular weight excluding hydrogens is 349 g/mol. The van der Waals surface area contributed by atoms with Crippen LogP contribution in [0.5, 0.6) is 11.5 Å². The molecule has 26 heavy (non-hydrogen) atoms. The van der Waals surface area contributed by atoms with Crippen molar-refractivity contribution >= 4 is 32.7 Å². The van der Waals surface area contributed by atoms with E-state index in [-0.39, 0.29) is 23.1 Å². The van der Waals surface area contributed by atoms with Gasteiger partial charge in [-0.2, -0.15) is 13.2 Å². The molecule has 3 aromatic carbocycles. The maximum absolute atomic E-state index is 13.3. The topological polar surface area (TPSA) is 48.7 Å². The smallest absolute Gasteiger partial charge is 0.420 e. The minimum atomic E-state index is -4.62. The number of ether oxygens (including phenoxy) is 2. The number of alkyl halides is 3. The molecule has 4 nitrogen and oxygen atoms in total. The second-order valence-electron chi connectivity index (χ2n) is 5.98. The summed E-state index contributed by atoms with van der Waals surface area (Å²) in [6.07, 6.45) is -4.62. The molecule has 1 aliphatic heterocycles. The third-order valence-corrected chi connectivity index (χ3v) is 4.47. The van der Waals surface area contributed by atoms with Gasteiger partial charge in [0.25, 0.3) is 0 Å². The highest BCUT2D eigenvalue weighted by molar-refractivity contribution is 6.02. The molecule has 130 valence electrons. The van der Waals surface area contributed by atoms with Crippen molar-refractivity contribution in [3.8, 4) is 11.5 Å². The van der Waals surface area contributed by atoms with Crippen LogP contribution in [0.15, 0.2) is 51.7 Å². The quantitative estimate of drug-likeness (QED) is 0.422. The van der Waals surface area contributed by atoms with Crippen LogP contribution in [0.4, 0.5) is 13.2 Å². The monoisotopic (exact) mass is 358 g/mol. The van der Waals surface area contributed by atoms with E-state index in [1.807, 2.05) is 0 Å². The van der Waals surface area contributed by atoms with Gasteiger partial charge in [-0.3, -0.25) is 4.79 Å². The van der Waals surface area contributed by atoms with Gasteiger partial charge in [0.1, 0.15) is 5.58 Å². The van der Waals surface area contributed by atoms with Crippen molar-refractivity contribution in [2.75, 3.05) is 6.79 Å². The molecule has 0 saturated heterocycles. The van der Waals surface area contributed by atoms with E-state index in [9.17, 15) is 18.0 Å². The Morgan fingerprint density at radius 2 is 1.77 bits per heavy atom. The van der Waals surface area contributed by atoms with Crippen molar-refractivity contribution in [1.82, 2.24) is 0 Å². The van der Waals surface area contributed by atoms with Gasteiger partial charge in [0.15, 0.2) is 17.1 Å². The van der Waals surface area contributed by atoms with Crippen LogP contribution in [0, 0.1) is 0 Å². The van der Waals surface area contributed by atoms with Gasteiger partial charge in [-0.1, -0.05) is 12.1 Å². The van der Waals surface area contributed by atoms with Gasteiger partial charge in [-0.15, -0.1) is 0 Å². The number of halogens is 3. The molecule has 0 aliphatic carbocycles. The summed E-state index contributed by atoms with van der Waals surface area (Å²) < 4.78 is 56.1. The Balaban J connectivity index is 1.94. The van der Waals surface area contributed by atoms with Crippen molar-refractivity contribution in [3.05, 3.63) is 58.3 Å². The van der Waals surface area contributed by atoms with Crippen molar-refractivity contribution in [2.45, 2.75) is 6.18 Å². The van der Waals surface area contributed by atoms with E-state index in [2.05, 4.69) is 0 Å². The fourth-order valence-corrected chi connectivity index (χ4v) is 3.28. The summed E-state index contributed by atoms with van der Waals surface area (Å²) in [6.45, 7) is 0.0771. The summed E-state index contributed by atoms with van der Waals surface area (Å²) in [6, 6.07) is 9.98. The molecule has 0 bridgehead atoms. The number of hydrogen-bond acceptors (Lipinski definition) is 4. The predicted octanol–water partition coefficient (Wildman–Crippen LogP) is 4.85. The van der Waals surface area contributed by atoms with E-state index in [0.29, 0.717) is 22.3 Å². The first-order valence-corrected chi connectivity index (χ1v) is 7.72. The number of benzene rings is 3. The summed E-state index contributed by atoms with van der Waals surface area (Å²) in [4.78, 5) is 12.8. The maximum atomic E-state index is 13.3. The number of para-hydroxylation sites is 1. The number of rotatable bonds is 0.